The van der Waals surface area contributed by atoms with Crippen LogP contribution in [-0.2, 0) is 4.79 Å². The predicted molar refractivity (Wildman–Crippen MR) is 141 cm³/mol. The first-order chi connectivity index (χ1) is 16.0. The summed E-state index contributed by atoms with van der Waals surface area (Å²) in [4.78, 5) is 11.7. The predicted octanol–water partition coefficient (Wildman–Crippen LogP) is 6.92. The van der Waals surface area contributed by atoms with Gasteiger partial charge >= 0.3 is 0 Å². The van der Waals surface area contributed by atoms with Crippen LogP contribution >= 0.6 is 39.3 Å². The lowest BCUT2D eigenvalue weighted by molar-refractivity contribution is -0.110. The topological polar surface area (TPSA) is 48.3 Å². The Labute approximate surface area is 210 Å². The summed E-state index contributed by atoms with van der Waals surface area (Å²) >= 11 is 11.5. The zero-order valence-electron chi connectivity index (χ0n) is 17.8. The van der Waals surface area contributed by atoms with E-state index >= 15 is 0 Å². The molecule has 0 fully saturated rings. The van der Waals surface area contributed by atoms with Gasteiger partial charge in [0.25, 0.3) is 0 Å². The molecule has 3 aromatic carbocycles. The Bertz CT molecular complexity index is 1260. The molecule has 3 aromatic rings. The van der Waals surface area contributed by atoms with Gasteiger partial charge in [0, 0.05) is 17.8 Å². The van der Waals surface area contributed by atoms with Crippen LogP contribution in [0.15, 0.2) is 93.5 Å². The summed E-state index contributed by atoms with van der Waals surface area (Å²) in [7, 11) is 0. The van der Waals surface area contributed by atoms with Gasteiger partial charge in [0.2, 0.25) is 4.99 Å². The maximum absolute atomic E-state index is 12.4. The van der Waals surface area contributed by atoms with Gasteiger partial charge in [-0.3, -0.25) is 4.79 Å². The molecule has 0 aliphatic carbocycles. The molecule has 0 N–H and O–H groups in total. The molecular weight excluding hydrogens is 520 g/mol. The highest BCUT2D eigenvalue weighted by atomic mass is 79.9. The quantitative estimate of drug-likeness (QED) is 0.361. The fourth-order valence-electron chi connectivity index (χ4n) is 3.99. The Hall–Kier alpha value is -2.61. The minimum absolute atomic E-state index is 0.0790. The third kappa shape index (κ3) is 4.09. The van der Waals surface area contributed by atoms with Crippen molar-refractivity contribution in [2.45, 2.75) is 24.8 Å². The highest BCUT2D eigenvalue weighted by Crippen LogP contribution is 2.51. The number of anilines is 2. The van der Waals surface area contributed by atoms with Crippen LogP contribution in [-0.4, -0.2) is 21.5 Å². The summed E-state index contributed by atoms with van der Waals surface area (Å²) in [6, 6.07) is 25.7. The number of rotatable bonds is 4. The third-order valence-corrected chi connectivity index (χ3v) is 7.87. The molecule has 33 heavy (non-hydrogen) atoms. The van der Waals surface area contributed by atoms with Gasteiger partial charge in [0.1, 0.15) is 0 Å². The molecule has 1 atom stereocenters. The second-order valence-corrected chi connectivity index (χ2v) is 10.3. The zero-order chi connectivity index (χ0) is 23.0. The first kappa shape index (κ1) is 22.2. The molecule has 0 bridgehead atoms. The number of Topliss-reactive ketones (excluding diaryl/α,β-unsaturated/α-hetero) is 1. The second-order valence-electron chi connectivity index (χ2n) is 7.77. The molecule has 5 nitrogen and oxygen atoms in total. The van der Waals surface area contributed by atoms with Crippen LogP contribution in [0.25, 0.3) is 0 Å². The van der Waals surface area contributed by atoms with Crippen LogP contribution < -0.4 is 10.0 Å². The van der Waals surface area contributed by atoms with Crippen molar-refractivity contribution in [2.75, 3.05) is 10.0 Å². The first-order valence-electron chi connectivity index (χ1n) is 10.5. The van der Waals surface area contributed by atoms with E-state index in [0.717, 1.165) is 33.5 Å². The molecule has 2 aliphatic rings. The van der Waals surface area contributed by atoms with Crippen LogP contribution in [0.3, 0.4) is 0 Å². The average Bonchev–Trinajstić information content (AvgIpc) is 3.21. The molecule has 0 saturated carbocycles. The highest BCUT2D eigenvalue weighted by molar-refractivity contribution is 9.10. The van der Waals surface area contributed by atoms with E-state index in [2.05, 4.69) is 28.1 Å². The number of carbonyl (C=O) groups excluding carboxylic acids is 1. The largest absolute Gasteiger partial charge is 0.292 e. The normalized spacial score (nSPS) is 20.1. The van der Waals surface area contributed by atoms with Crippen LogP contribution in [0.5, 0.6) is 0 Å². The number of para-hydroxylation sites is 2. The molecule has 2 aliphatic heterocycles. The van der Waals surface area contributed by atoms with Crippen molar-refractivity contribution in [1.29, 1.82) is 0 Å². The number of ketones is 1. The molecule has 0 saturated heterocycles. The Balaban J connectivity index is 1.68. The zero-order valence-corrected chi connectivity index (χ0v) is 20.9. The van der Waals surface area contributed by atoms with E-state index in [9.17, 15) is 4.79 Å². The van der Waals surface area contributed by atoms with Gasteiger partial charge in [-0.25, -0.2) is 10.0 Å². The summed E-state index contributed by atoms with van der Waals surface area (Å²) in [5.74, 6) is -0.0790. The van der Waals surface area contributed by atoms with Gasteiger partial charge in [0.05, 0.1) is 22.1 Å². The minimum Gasteiger partial charge on any atom is -0.292 e. The molecule has 5 rings (SSSR count). The summed E-state index contributed by atoms with van der Waals surface area (Å²) < 4.78 is 1.02. The van der Waals surface area contributed by atoms with Crippen molar-refractivity contribution in [3.8, 4) is 0 Å². The van der Waals surface area contributed by atoms with E-state index in [1.54, 1.807) is 6.92 Å². The number of nitrogens with zero attached hydrogens (tertiary/aromatic N) is 4. The van der Waals surface area contributed by atoms with Crippen molar-refractivity contribution in [1.82, 2.24) is 0 Å². The standard InChI is InChI=1S/C25H20BrClN4OS/c1-17(32)24-29-31(23-10-6-5-9-21(23)27)25(33-24)16-15-22(18-11-13-19(26)14-12-18)28-30(25)20-7-3-2-4-8-20/h2-14H,15-16H2,1H3/t25-/m1/s1. The average molecular weight is 540 g/mol. The van der Waals surface area contributed by atoms with Crippen molar-refractivity contribution in [3.63, 3.8) is 0 Å². The number of benzene rings is 3. The van der Waals surface area contributed by atoms with Crippen LogP contribution in [0.4, 0.5) is 11.4 Å². The van der Waals surface area contributed by atoms with E-state index in [1.165, 1.54) is 11.8 Å². The number of hydrogen-bond donors (Lipinski definition) is 0. The molecule has 0 radical (unpaired) electrons. The molecule has 166 valence electrons. The van der Waals surface area contributed by atoms with Crippen molar-refractivity contribution >= 4 is 67.2 Å². The Morgan fingerprint density at radius 1 is 0.970 bits per heavy atom. The Morgan fingerprint density at radius 3 is 2.36 bits per heavy atom. The van der Waals surface area contributed by atoms with Crippen molar-refractivity contribution in [2.24, 2.45) is 10.2 Å². The first-order valence-corrected chi connectivity index (χ1v) is 12.5. The van der Waals surface area contributed by atoms with E-state index in [1.807, 2.05) is 76.7 Å². The molecule has 0 aromatic heterocycles. The SMILES string of the molecule is CC(=O)C1=NN(c2ccccc2Cl)[C@]2(CCC(c3ccc(Br)cc3)=NN2c2ccccc2)S1. The number of hydrogen-bond acceptors (Lipinski definition) is 6. The maximum Gasteiger partial charge on any atom is 0.208 e. The fourth-order valence-corrected chi connectivity index (χ4v) is 5.71. The van der Waals surface area contributed by atoms with Crippen LogP contribution in [0.2, 0.25) is 5.02 Å². The van der Waals surface area contributed by atoms with Gasteiger partial charge in [-0.15, -0.1) is 0 Å². The fraction of sp³-hybridized carbons (Fsp3) is 0.160. The van der Waals surface area contributed by atoms with Gasteiger partial charge in [-0.1, -0.05) is 70.0 Å². The smallest absolute Gasteiger partial charge is 0.208 e. The Morgan fingerprint density at radius 2 is 1.67 bits per heavy atom. The van der Waals surface area contributed by atoms with E-state index in [0.29, 0.717) is 16.5 Å². The van der Waals surface area contributed by atoms with E-state index < -0.39 is 4.99 Å². The van der Waals surface area contributed by atoms with Crippen molar-refractivity contribution in [3.05, 3.63) is 93.9 Å². The van der Waals surface area contributed by atoms with Gasteiger partial charge in [0.15, 0.2) is 10.8 Å². The lowest BCUT2D eigenvalue weighted by Crippen LogP contribution is -2.56. The number of carbonyl (C=O) groups is 1. The Kier molecular flexibility index (Phi) is 6.03. The number of halogens is 2. The molecule has 0 unspecified atom stereocenters. The summed E-state index contributed by atoms with van der Waals surface area (Å²) in [6.07, 6.45) is 1.41. The van der Waals surface area contributed by atoms with Crippen LogP contribution in [0, 0.1) is 0 Å². The monoisotopic (exact) mass is 538 g/mol. The number of hydrazone groups is 2. The second kappa shape index (κ2) is 8.97. The lowest BCUT2D eigenvalue weighted by atomic mass is 10.0. The van der Waals surface area contributed by atoms with Gasteiger partial charge in [-0.05, 0) is 60.1 Å². The van der Waals surface area contributed by atoms with E-state index in [-0.39, 0.29) is 5.78 Å². The van der Waals surface area contributed by atoms with E-state index in [4.69, 9.17) is 21.8 Å². The number of thioether (sulfide) groups is 1. The van der Waals surface area contributed by atoms with Crippen molar-refractivity contribution < 1.29 is 4.79 Å². The molecule has 2 heterocycles. The molecular formula is C25H20BrClN4OS. The summed E-state index contributed by atoms with van der Waals surface area (Å²) in [5.41, 5.74) is 3.70. The van der Waals surface area contributed by atoms with Crippen LogP contribution in [0.1, 0.15) is 25.3 Å². The molecule has 1 spiro atoms. The summed E-state index contributed by atoms with van der Waals surface area (Å²) in [5, 5.41) is 14.7. The minimum atomic E-state index is -0.758. The molecule has 0 amide bonds. The summed E-state index contributed by atoms with van der Waals surface area (Å²) in [6.45, 7) is 1.54. The molecule has 8 heteroatoms. The lowest BCUT2D eigenvalue weighted by Gasteiger charge is -2.46. The highest BCUT2D eigenvalue weighted by Gasteiger charge is 2.53. The maximum atomic E-state index is 12.4. The third-order valence-electron chi connectivity index (χ3n) is 5.58. The van der Waals surface area contributed by atoms with Gasteiger partial charge < -0.3 is 0 Å². The van der Waals surface area contributed by atoms with Gasteiger partial charge in [-0.2, -0.15) is 10.2 Å².